The van der Waals surface area contributed by atoms with Crippen LogP contribution in [0.5, 0.6) is 5.88 Å². The van der Waals surface area contributed by atoms with Gasteiger partial charge in [-0.3, -0.25) is 0 Å². The van der Waals surface area contributed by atoms with Crippen LogP contribution in [0.3, 0.4) is 0 Å². The molecule has 1 aromatic heterocycles. The van der Waals surface area contributed by atoms with Crippen molar-refractivity contribution >= 4 is 0 Å². The van der Waals surface area contributed by atoms with E-state index in [1.807, 2.05) is 12.1 Å². The Morgan fingerprint density at radius 2 is 2.11 bits per heavy atom. The van der Waals surface area contributed by atoms with Crippen molar-refractivity contribution in [2.45, 2.75) is 57.8 Å². The molecule has 2 N–H and O–H groups in total. The van der Waals surface area contributed by atoms with Gasteiger partial charge < -0.3 is 15.2 Å². The van der Waals surface area contributed by atoms with Gasteiger partial charge in [-0.15, -0.1) is 0 Å². The van der Waals surface area contributed by atoms with E-state index in [0.717, 1.165) is 43.4 Å². The molecule has 1 aromatic rings. The van der Waals surface area contributed by atoms with Gasteiger partial charge in [0, 0.05) is 31.8 Å². The van der Waals surface area contributed by atoms with Crippen molar-refractivity contribution in [1.82, 2.24) is 4.98 Å². The van der Waals surface area contributed by atoms with E-state index in [9.17, 15) is 0 Å². The molecule has 0 aliphatic heterocycles. The zero-order valence-corrected chi connectivity index (χ0v) is 11.9. The number of methoxy groups -OCH3 is 1. The highest BCUT2D eigenvalue weighted by molar-refractivity contribution is 5.25. The number of hydrogen-bond donors (Lipinski definition) is 1. The lowest BCUT2D eigenvalue weighted by Crippen LogP contribution is -2.29. The highest BCUT2D eigenvalue weighted by atomic mass is 16.5. The molecule has 106 valence electrons. The molecule has 0 spiro atoms. The number of rotatable bonds is 5. The van der Waals surface area contributed by atoms with E-state index in [2.05, 4.69) is 11.9 Å². The maximum Gasteiger partial charge on any atom is 0.214 e. The maximum atomic E-state index is 6.03. The number of hydrogen-bond acceptors (Lipinski definition) is 4. The molecule has 4 heteroatoms. The molecule has 0 bridgehead atoms. The van der Waals surface area contributed by atoms with Crippen molar-refractivity contribution in [2.75, 3.05) is 7.11 Å². The summed E-state index contributed by atoms with van der Waals surface area (Å²) in [6.07, 6.45) is 5.75. The molecule has 19 heavy (non-hydrogen) atoms. The van der Waals surface area contributed by atoms with Gasteiger partial charge in [0.2, 0.25) is 5.88 Å². The van der Waals surface area contributed by atoms with Gasteiger partial charge >= 0.3 is 0 Å². The quantitative estimate of drug-likeness (QED) is 0.887. The van der Waals surface area contributed by atoms with Gasteiger partial charge in [0.05, 0.1) is 6.10 Å². The Hall–Kier alpha value is -1.13. The zero-order chi connectivity index (χ0) is 13.7. The highest BCUT2D eigenvalue weighted by Crippen LogP contribution is 2.25. The van der Waals surface area contributed by atoms with E-state index in [1.165, 1.54) is 0 Å². The average Bonchev–Trinajstić information content (AvgIpc) is 2.47. The minimum atomic E-state index is 0.212. The van der Waals surface area contributed by atoms with Gasteiger partial charge in [0.25, 0.3) is 0 Å². The summed E-state index contributed by atoms with van der Waals surface area (Å²) in [5, 5.41) is 0. The smallest absolute Gasteiger partial charge is 0.214 e. The first-order valence-corrected chi connectivity index (χ1v) is 7.14. The first-order valence-electron chi connectivity index (χ1n) is 7.14. The largest absolute Gasteiger partial charge is 0.474 e. The van der Waals surface area contributed by atoms with Crippen LogP contribution in [-0.4, -0.2) is 24.3 Å². The summed E-state index contributed by atoms with van der Waals surface area (Å²) in [4.78, 5) is 4.53. The highest BCUT2D eigenvalue weighted by Gasteiger charge is 2.23. The second-order valence-corrected chi connectivity index (χ2v) is 5.13. The third kappa shape index (κ3) is 3.91. The van der Waals surface area contributed by atoms with Gasteiger partial charge in [-0.05, 0) is 37.3 Å². The number of ether oxygens (including phenoxy) is 2. The molecule has 2 unspecified atom stereocenters. The van der Waals surface area contributed by atoms with Crippen LogP contribution in [0.1, 0.15) is 43.9 Å². The molecular weight excluding hydrogens is 240 g/mol. The van der Waals surface area contributed by atoms with Crippen LogP contribution in [0.4, 0.5) is 0 Å². The van der Waals surface area contributed by atoms with E-state index in [1.54, 1.807) is 7.11 Å². The maximum absolute atomic E-state index is 6.03. The molecule has 2 atom stereocenters. The first kappa shape index (κ1) is 14.3. The van der Waals surface area contributed by atoms with Gasteiger partial charge in [0.15, 0.2) is 0 Å². The molecule has 0 aromatic carbocycles. The van der Waals surface area contributed by atoms with Crippen LogP contribution in [0.15, 0.2) is 12.1 Å². The monoisotopic (exact) mass is 264 g/mol. The van der Waals surface area contributed by atoms with Crippen molar-refractivity contribution in [3.05, 3.63) is 23.4 Å². The molecule has 4 nitrogen and oxygen atoms in total. The number of pyridine rings is 1. The lowest BCUT2D eigenvalue weighted by Gasteiger charge is -2.28. The first-order chi connectivity index (χ1) is 9.25. The van der Waals surface area contributed by atoms with Crippen molar-refractivity contribution in [3.63, 3.8) is 0 Å². The second kappa shape index (κ2) is 6.87. The molecule has 0 radical (unpaired) electrons. The predicted molar refractivity (Wildman–Crippen MR) is 75.2 cm³/mol. The Morgan fingerprint density at radius 1 is 1.32 bits per heavy atom. The SMILES string of the molecule is CCc1cc(CN)cc(OC2CCCC(OC)C2)n1. The second-order valence-electron chi connectivity index (χ2n) is 5.13. The molecule has 1 saturated carbocycles. The Kier molecular flexibility index (Phi) is 5.16. The minimum absolute atomic E-state index is 0.212. The third-order valence-corrected chi connectivity index (χ3v) is 3.71. The van der Waals surface area contributed by atoms with Crippen molar-refractivity contribution in [1.29, 1.82) is 0 Å². The molecule has 1 aliphatic carbocycles. The van der Waals surface area contributed by atoms with Crippen molar-refractivity contribution in [2.24, 2.45) is 5.73 Å². The molecule has 2 rings (SSSR count). The number of nitrogens with zero attached hydrogens (tertiary/aromatic N) is 1. The van der Waals surface area contributed by atoms with E-state index in [4.69, 9.17) is 15.2 Å². The summed E-state index contributed by atoms with van der Waals surface area (Å²) >= 11 is 0. The summed E-state index contributed by atoms with van der Waals surface area (Å²) in [5.41, 5.74) is 7.84. The van der Waals surface area contributed by atoms with E-state index >= 15 is 0 Å². The predicted octanol–water partition coefficient (Wildman–Crippen LogP) is 2.44. The van der Waals surface area contributed by atoms with E-state index < -0.39 is 0 Å². The number of aromatic nitrogens is 1. The summed E-state index contributed by atoms with van der Waals surface area (Å²) in [5.74, 6) is 0.710. The average molecular weight is 264 g/mol. The molecule has 0 saturated heterocycles. The van der Waals surface area contributed by atoms with Gasteiger partial charge in [-0.1, -0.05) is 6.92 Å². The normalized spacial score (nSPS) is 23.3. The van der Waals surface area contributed by atoms with Crippen molar-refractivity contribution < 1.29 is 9.47 Å². The molecule has 1 heterocycles. The fourth-order valence-corrected chi connectivity index (χ4v) is 2.57. The van der Waals surface area contributed by atoms with Crippen LogP contribution in [0, 0.1) is 0 Å². The van der Waals surface area contributed by atoms with Crippen LogP contribution in [0.25, 0.3) is 0 Å². The summed E-state index contributed by atoms with van der Waals surface area (Å²) in [7, 11) is 1.77. The Balaban J connectivity index is 2.05. The Morgan fingerprint density at radius 3 is 2.79 bits per heavy atom. The van der Waals surface area contributed by atoms with Crippen molar-refractivity contribution in [3.8, 4) is 5.88 Å². The minimum Gasteiger partial charge on any atom is -0.474 e. The topological polar surface area (TPSA) is 57.4 Å². The Labute approximate surface area is 115 Å². The Bertz CT molecular complexity index is 387. The van der Waals surface area contributed by atoms with Crippen LogP contribution >= 0.6 is 0 Å². The van der Waals surface area contributed by atoms with E-state index in [-0.39, 0.29) is 6.10 Å². The van der Waals surface area contributed by atoms with Gasteiger partial charge in [-0.2, -0.15) is 0 Å². The number of nitrogens with two attached hydrogens (primary N) is 1. The number of aryl methyl sites for hydroxylation is 1. The standard InChI is InChI=1S/C15H24N2O2/c1-3-12-7-11(10-16)8-15(17-12)19-14-6-4-5-13(9-14)18-2/h7-8,13-14H,3-6,9-10,16H2,1-2H3. The summed E-state index contributed by atoms with van der Waals surface area (Å²) in [6.45, 7) is 2.62. The van der Waals surface area contributed by atoms with E-state index in [0.29, 0.717) is 18.5 Å². The zero-order valence-electron chi connectivity index (χ0n) is 11.9. The summed E-state index contributed by atoms with van der Waals surface area (Å²) in [6, 6.07) is 4.00. The fourth-order valence-electron chi connectivity index (χ4n) is 2.57. The third-order valence-electron chi connectivity index (χ3n) is 3.71. The molecular formula is C15H24N2O2. The van der Waals surface area contributed by atoms with Gasteiger partial charge in [-0.25, -0.2) is 4.98 Å². The van der Waals surface area contributed by atoms with Crippen LogP contribution < -0.4 is 10.5 Å². The molecule has 1 fully saturated rings. The summed E-state index contributed by atoms with van der Waals surface area (Å²) < 4.78 is 11.5. The fraction of sp³-hybridized carbons (Fsp3) is 0.667. The van der Waals surface area contributed by atoms with Gasteiger partial charge in [0.1, 0.15) is 6.10 Å². The molecule has 1 aliphatic rings. The lowest BCUT2D eigenvalue weighted by molar-refractivity contribution is 0.0194. The van der Waals surface area contributed by atoms with Crippen LogP contribution in [0.2, 0.25) is 0 Å². The molecule has 0 amide bonds. The lowest BCUT2D eigenvalue weighted by atomic mass is 9.95. The van der Waals surface area contributed by atoms with Crippen LogP contribution in [-0.2, 0) is 17.7 Å².